The fourth-order valence-electron chi connectivity index (χ4n) is 3.24. The summed E-state index contributed by atoms with van der Waals surface area (Å²) in [5, 5.41) is 13.5. The smallest absolute Gasteiger partial charge is 0.219 e. The Morgan fingerprint density at radius 3 is 2.91 bits per heavy atom. The summed E-state index contributed by atoms with van der Waals surface area (Å²) in [6.45, 7) is 1.58. The highest BCUT2D eigenvalue weighted by molar-refractivity contribution is 6.00. The third-order valence-corrected chi connectivity index (χ3v) is 4.19. The lowest BCUT2D eigenvalue weighted by Gasteiger charge is -2.09. The second kappa shape index (κ2) is 4.64. The Hall–Kier alpha value is -2.73. The van der Waals surface area contributed by atoms with Crippen molar-refractivity contribution in [2.24, 2.45) is 5.18 Å². The van der Waals surface area contributed by atoms with Crippen LogP contribution in [-0.2, 0) is 13.1 Å². The van der Waals surface area contributed by atoms with E-state index in [0.29, 0.717) is 5.39 Å². The number of pyridine rings is 1. The van der Waals surface area contributed by atoms with Gasteiger partial charge in [-0.3, -0.25) is 9.88 Å². The second-order valence-electron chi connectivity index (χ2n) is 5.63. The first kappa shape index (κ1) is 13.0. The van der Waals surface area contributed by atoms with E-state index in [1.165, 1.54) is 5.56 Å². The number of hydrogen-bond acceptors (Lipinski definition) is 5. The van der Waals surface area contributed by atoms with Gasteiger partial charge in [-0.25, -0.2) is 0 Å². The third-order valence-electron chi connectivity index (χ3n) is 4.19. The number of H-pyrrole nitrogens is 1. The van der Waals surface area contributed by atoms with Gasteiger partial charge in [-0.05, 0) is 41.0 Å². The fraction of sp³-hybridized carbons (Fsp3) is 0.188. The van der Waals surface area contributed by atoms with Crippen LogP contribution in [0.2, 0.25) is 0 Å². The number of nitrogens with zero attached hydrogens (tertiary/aromatic N) is 3. The lowest BCUT2D eigenvalue weighted by atomic mass is 9.95. The van der Waals surface area contributed by atoms with Gasteiger partial charge in [0.15, 0.2) is 5.69 Å². The first-order chi connectivity index (χ1) is 10.7. The molecule has 0 spiro atoms. The van der Waals surface area contributed by atoms with Gasteiger partial charge in [-0.1, -0.05) is 6.07 Å². The predicted molar refractivity (Wildman–Crippen MR) is 83.8 cm³/mol. The summed E-state index contributed by atoms with van der Waals surface area (Å²) >= 11 is 0. The Labute approximate surface area is 126 Å². The SMILES string of the molecule is CN1Cc2c(-c3cccnc3)cc3c(N=O)c(O)[nH]c3c2C1. The highest BCUT2D eigenvalue weighted by Crippen LogP contribution is 2.43. The van der Waals surface area contributed by atoms with Gasteiger partial charge in [0.25, 0.3) is 0 Å². The summed E-state index contributed by atoms with van der Waals surface area (Å²) in [4.78, 5) is 20.3. The average molecular weight is 294 g/mol. The van der Waals surface area contributed by atoms with Crippen molar-refractivity contribution in [3.05, 3.63) is 46.6 Å². The molecule has 2 aromatic heterocycles. The Kier molecular flexibility index (Phi) is 2.74. The lowest BCUT2D eigenvalue weighted by Crippen LogP contribution is -2.07. The normalized spacial score (nSPS) is 14.4. The molecule has 0 radical (unpaired) electrons. The zero-order valence-electron chi connectivity index (χ0n) is 12.0. The van der Waals surface area contributed by atoms with Crippen LogP contribution in [0.25, 0.3) is 22.0 Å². The number of hydrogen-bond donors (Lipinski definition) is 2. The molecule has 22 heavy (non-hydrogen) atoms. The first-order valence-electron chi connectivity index (χ1n) is 7.00. The van der Waals surface area contributed by atoms with Crippen LogP contribution >= 0.6 is 0 Å². The van der Waals surface area contributed by atoms with Crippen molar-refractivity contribution >= 4 is 16.6 Å². The van der Waals surface area contributed by atoms with E-state index in [2.05, 4.69) is 20.0 Å². The summed E-state index contributed by atoms with van der Waals surface area (Å²) in [5.41, 5.74) is 5.18. The van der Waals surface area contributed by atoms with Gasteiger partial charge in [-0.2, -0.15) is 0 Å². The van der Waals surface area contributed by atoms with Crippen LogP contribution in [0.5, 0.6) is 5.88 Å². The molecular weight excluding hydrogens is 280 g/mol. The zero-order valence-corrected chi connectivity index (χ0v) is 12.0. The Morgan fingerprint density at radius 1 is 1.36 bits per heavy atom. The molecule has 0 fully saturated rings. The summed E-state index contributed by atoms with van der Waals surface area (Å²) in [5.74, 6) is -0.176. The number of nitrogens with one attached hydrogen (secondary N) is 1. The molecule has 110 valence electrons. The minimum atomic E-state index is -0.176. The molecule has 2 N–H and O–H groups in total. The van der Waals surface area contributed by atoms with E-state index in [0.717, 1.165) is 35.3 Å². The molecule has 1 aromatic carbocycles. The standard InChI is InChI=1S/C16H14N4O2/c1-20-7-12-10(9-3-2-4-17-6-9)5-11-14(13(12)8-20)18-16(21)15(11)19-22/h2-6,18,21H,7-8H2,1H3. The molecule has 0 amide bonds. The molecule has 0 bridgehead atoms. The molecule has 0 atom stereocenters. The molecule has 0 saturated carbocycles. The largest absolute Gasteiger partial charge is 0.493 e. The summed E-state index contributed by atoms with van der Waals surface area (Å²) in [6.07, 6.45) is 3.54. The zero-order chi connectivity index (χ0) is 15.3. The van der Waals surface area contributed by atoms with Crippen LogP contribution in [0.4, 0.5) is 5.69 Å². The van der Waals surface area contributed by atoms with E-state index >= 15 is 0 Å². The predicted octanol–water partition coefficient (Wildman–Crippen LogP) is 3.28. The van der Waals surface area contributed by atoms with Crippen LogP contribution < -0.4 is 0 Å². The molecule has 6 heteroatoms. The first-order valence-corrected chi connectivity index (χ1v) is 7.00. The highest BCUT2D eigenvalue weighted by atomic mass is 16.3. The second-order valence-corrected chi connectivity index (χ2v) is 5.63. The van der Waals surface area contributed by atoms with Crippen molar-refractivity contribution in [2.45, 2.75) is 13.1 Å². The van der Waals surface area contributed by atoms with Gasteiger partial charge < -0.3 is 10.1 Å². The number of rotatable bonds is 2. The quantitative estimate of drug-likeness (QED) is 0.711. The van der Waals surface area contributed by atoms with Crippen molar-refractivity contribution in [3.63, 3.8) is 0 Å². The summed E-state index contributed by atoms with van der Waals surface area (Å²) in [6, 6.07) is 5.79. The molecule has 3 heterocycles. The summed E-state index contributed by atoms with van der Waals surface area (Å²) < 4.78 is 0. The monoisotopic (exact) mass is 294 g/mol. The van der Waals surface area contributed by atoms with E-state index < -0.39 is 0 Å². The minimum Gasteiger partial charge on any atom is -0.493 e. The van der Waals surface area contributed by atoms with Crippen LogP contribution in [0.3, 0.4) is 0 Å². The average Bonchev–Trinajstić information content (AvgIpc) is 3.06. The van der Waals surface area contributed by atoms with Crippen LogP contribution in [0, 0.1) is 4.91 Å². The molecule has 0 saturated heterocycles. The van der Waals surface area contributed by atoms with Gasteiger partial charge in [0.2, 0.25) is 5.88 Å². The van der Waals surface area contributed by atoms with Crippen LogP contribution in [0.1, 0.15) is 11.1 Å². The van der Waals surface area contributed by atoms with Crippen molar-refractivity contribution in [1.82, 2.24) is 14.9 Å². The van der Waals surface area contributed by atoms with E-state index in [9.17, 15) is 10.0 Å². The maximum Gasteiger partial charge on any atom is 0.219 e. The van der Waals surface area contributed by atoms with Crippen LogP contribution in [0.15, 0.2) is 35.8 Å². The molecule has 6 nitrogen and oxygen atoms in total. The van der Waals surface area contributed by atoms with Crippen molar-refractivity contribution < 1.29 is 5.11 Å². The molecule has 0 aliphatic carbocycles. The van der Waals surface area contributed by atoms with Crippen molar-refractivity contribution in [1.29, 1.82) is 0 Å². The van der Waals surface area contributed by atoms with Gasteiger partial charge in [0, 0.05) is 36.4 Å². The molecule has 4 rings (SSSR count). The number of fused-ring (bicyclic) bond motifs is 3. The Morgan fingerprint density at radius 2 is 2.18 bits per heavy atom. The number of aromatic amines is 1. The van der Waals surface area contributed by atoms with Gasteiger partial charge in [0.05, 0.1) is 5.52 Å². The van der Waals surface area contributed by atoms with E-state index in [1.54, 1.807) is 12.4 Å². The fourth-order valence-corrected chi connectivity index (χ4v) is 3.24. The third kappa shape index (κ3) is 1.74. The summed E-state index contributed by atoms with van der Waals surface area (Å²) in [7, 11) is 2.04. The maximum atomic E-state index is 11.1. The van der Waals surface area contributed by atoms with Gasteiger partial charge in [-0.15, -0.1) is 4.91 Å². The topological polar surface area (TPSA) is 81.6 Å². The van der Waals surface area contributed by atoms with E-state index in [4.69, 9.17) is 0 Å². The number of benzene rings is 1. The maximum absolute atomic E-state index is 11.1. The highest BCUT2D eigenvalue weighted by Gasteiger charge is 2.26. The molecule has 3 aromatic rings. The lowest BCUT2D eigenvalue weighted by molar-refractivity contribution is 0.354. The van der Waals surface area contributed by atoms with E-state index in [1.807, 2.05) is 25.2 Å². The number of nitroso groups, excluding NO2 is 1. The Balaban J connectivity index is 2.09. The Bertz CT molecular complexity index is 886. The van der Waals surface area contributed by atoms with Crippen LogP contribution in [-0.4, -0.2) is 27.0 Å². The molecular formula is C16H14N4O2. The molecule has 0 unspecified atom stereocenters. The number of aromatic hydroxyl groups is 1. The van der Waals surface area contributed by atoms with Gasteiger partial charge in [0.1, 0.15) is 0 Å². The van der Waals surface area contributed by atoms with E-state index in [-0.39, 0.29) is 11.6 Å². The minimum absolute atomic E-state index is 0.0671. The van der Waals surface area contributed by atoms with Crippen molar-refractivity contribution in [3.8, 4) is 17.0 Å². The molecule has 1 aliphatic heterocycles. The number of aromatic nitrogens is 2. The van der Waals surface area contributed by atoms with Gasteiger partial charge >= 0.3 is 0 Å². The molecule has 1 aliphatic rings. The van der Waals surface area contributed by atoms with Crippen molar-refractivity contribution in [2.75, 3.05) is 7.05 Å².